The van der Waals surface area contributed by atoms with E-state index in [0.29, 0.717) is 24.5 Å². The molecule has 1 aromatic rings. The standard InChI is InChI=1S/C17H25N5O4/c1-18-14(16(24)25)11-22-15(23)12-3-5-13(6-4-12)26-10-9-21-17-19-7-2-8-20-17/h3-6,14,18H,2,7-11H2,1H3,(H,22,23)(H,24,25)(H2,19,20,21)/t14-/m0/s1. The van der Waals surface area contributed by atoms with Crippen molar-refractivity contribution >= 4 is 17.8 Å². The van der Waals surface area contributed by atoms with Crippen LogP contribution in [0.2, 0.25) is 0 Å². The molecule has 0 saturated heterocycles. The van der Waals surface area contributed by atoms with E-state index in [-0.39, 0.29) is 12.5 Å². The molecule has 1 aromatic carbocycles. The lowest BCUT2D eigenvalue weighted by Gasteiger charge is -2.16. The monoisotopic (exact) mass is 363 g/mol. The van der Waals surface area contributed by atoms with Crippen LogP contribution in [0.3, 0.4) is 0 Å². The molecule has 1 amide bonds. The maximum atomic E-state index is 12.0. The van der Waals surface area contributed by atoms with E-state index in [0.717, 1.165) is 25.5 Å². The molecule has 1 aliphatic heterocycles. The highest BCUT2D eigenvalue weighted by molar-refractivity contribution is 5.94. The highest BCUT2D eigenvalue weighted by atomic mass is 16.5. The summed E-state index contributed by atoms with van der Waals surface area (Å²) in [5.74, 6) is 0.106. The number of carboxylic acids is 1. The van der Waals surface area contributed by atoms with Crippen LogP contribution in [0, 0.1) is 0 Å². The Morgan fingerprint density at radius 1 is 1.35 bits per heavy atom. The average molecular weight is 363 g/mol. The SMILES string of the molecule is CN[C@@H](CNC(=O)c1ccc(OCCNC2=NCCCN2)cc1)C(=O)O. The number of benzene rings is 1. The number of rotatable bonds is 9. The molecule has 0 unspecified atom stereocenters. The first-order valence-electron chi connectivity index (χ1n) is 8.53. The van der Waals surface area contributed by atoms with Gasteiger partial charge in [-0.05, 0) is 37.7 Å². The number of carboxylic acid groups (broad SMARTS) is 1. The molecule has 0 aromatic heterocycles. The quantitative estimate of drug-likeness (QED) is 0.371. The zero-order chi connectivity index (χ0) is 18.8. The molecule has 1 aliphatic rings. The summed E-state index contributed by atoms with van der Waals surface area (Å²) in [6.07, 6.45) is 1.05. The minimum absolute atomic E-state index is 0.00646. The van der Waals surface area contributed by atoms with Gasteiger partial charge in [-0.2, -0.15) is 0 Å². The molecule has 5 N–H and O–H groups in total. The van der Waals surface area contributed by atoms with Crippen molar-refractivity contribution < 1.29 is 19.4 Å². The van der Waals surface area contributed by atoms with Gasteiger partial charge in [0.05, 0.1) is 6.54 Å². The van der Waals surface area contributed by atoms with Crippen LogP contribution >= 0.6 is 0 Å². The van der Waals surface area contributed by atoms with E-state index in [1.807, 2.05) is 0 Å². The predicted molar refractivity (Wildman–Crippen MR) is 97.7 cm³/mol. The topological polar surface area (TPSA) is 124 Å². The number of hydrogen-bond acceptors (Lipinski definition) is 7. The number of nitrogens with zero attached hydrogens (tertiary/aromatic N) is 1. The highest BCUT2D eigenvalue weighted by Gasteiger charge is 2.16. The number of nitrogens with one attached hydrogen (secondary N) is 4. The summed E-state index contributed by atoms with van der Waals surface area (Å²) in [5.41, 5.74) is 0.441. The van der Waals surface area contributed by atoms with Gasteiger partial charge in [0.25, 0.3) is 5.91 Å². The summed E-state index contributed by atoms with van der Waals surface area (Å²) in [6, 6.07) is 5.87. The number of guanidine groups is 1. The third-order valence-corrected chi connectivity index (χ3v) is 3.79. The summed E-state index contributed by atoms with van der Waals surface area (Å²) < 4.78 is 5.61. The molecule has 0 bridgehead atoms. The number of ether oxygens (including phenoxy) is 1. The van der Waals surface area contributed by atoms with Crippen molar-refractivity contribution in [2.24, 2.45) is 4.99 Å². The second-order valence-corrected chi connectivity index (χ2v) is 5.70. The molecule has 1 atom stereocenters. The molecule has 0 radical (unpaired) electrons. The lowest BCUT2D eigenvalue weighted by Crippen LogP contribution is -2.44. The van der Waals surface area contributed by atoms with Crippen molar-refractivity contribution in [1.82, 2.24) is 21.3 Å². The third kappa shape index (κ3) is 6.25. The lowest BCUT2D eigenvalue weighted by molar-refractivity contribution is -0.139. The maximum absolute atomic E-state index is 12.0. The molecule has 0 spiro atoms. The van der Waals surface area contributed by atoms with Crippen molar-refractivity contribution in [3.63, 3.8) is 0 Å². The fourth-order valence-corrected chi connectivity index (χ4v) is 2.30. The minimum Gasteiger partial charge on any atom is -0.492 e. The maximum Gasteiger partial charge on any atom is 0.322 e. The summed E-state index contributed by atoms with van der Waals surface area (Å²) in [4.78, 5) is 27.2. The number of amides is 1. The summed E-state index contributed by atoms with van der Waals surface area (Å²) >= 11 is 0. The summed E-state index contributed by atoms with van der Waals surface area (Å²) in [5, 5.41) is 20.5. The van der Waals surface area contributed by atoms with E-state index in [4.69, 9.17) is 9.84 Å². The van der Waals surface area contributed by atoms with E-state index in [1.165, 1.54) is 7.05 Å². The van der Waals surface area contributed by atoms with Crippen LogP contribution in [0.5, 0.6) is 5.75 Å². The number of likely N-dealkylation sites (N-methyl/N-ethyl adjacent to an activating group) is 1. The van der Waals surface area contributed by atoms with Gasteiger partial charge in [-0.25, -0.2) is 0 Å². The van der Waals surface area contributed by atoms with Crippen LogP contribution < -0.4 is 26.0 Å². The minimum atomic E-state index is -1.01. The fraction of sp³-hybridized carbons (Fsp3) is 0.471. The van der Waals surface area contributed by atoms with Gasteiger partial charge < -0.3 is 31.1 Å². The largest absolute Gasteiger partial charge is 0.492 e. The van der Waals surface area contributed by atoms with E-state index in [9.17, 15) is 9.59 Å². The van der Waals surface area contributed by atoms with E-state index in [1.54, 1.807) is 24.3 Å². The number of aliphatic imine (C=N–C) groups is 1. The molecule has 26 heavy (non-hydrogen) atoms. The molecular formula is C17H25N5O4. The fourth-order valence-electron chi connectivity index (χ4n) is 2.30. The van der Waals surface area contributed by atoms with Gasteiger partial charge in [0.2, 0.25) is 0 Å². The Bertz CT molecular complexity index is 633. The Balaban J connectivity index is 1.72. The van der Waals surface area contributed by atoms with Crippen molar-refractivity contribution in [2.45, 2.75) is 12.5 Å². The van der Waals surface area contributed by atoms with Crippen LogP contribution in [0.15, 0.2) is 29.3 Å². The Labute approximate surface area is 152 Å². The van der Waals surface area contributed by atoms with Crippen LogP contribution in [0.1, 0.15) is 16.8 Å². The lowest BCUT2D eigenvalue weighted by atomic mass is 10.2. The molecule has 1 heterocycles. The van der Waals surface area contributed by atoms with Crippen LogP contribution in [0.25, 0.3) is 0 Å². The molecule has 0 fully saturated rings. The predicted octanol–water partition coefficient (Wildman–Crippen LogP) is -0.593. The molecule has 0 aliphatic carbocycles. The van der Waals surface area contributed by atoms with Crippen LogP contribution in [-0.2, 0) is 4.79 Å². The van der Waals surface area contributed by atoms with E-state index in [2.05, 4.69) is 26.3 Å². The van der Waals surface area contributed by atoms with Gasteiger partial charge in [0, 0.05) is 25.2 Å². The van der Waals surface area contributed by atoms with E-state index < -0.39 is 12.0 Å². The first kappa shape index (κ1) is 19.5. The number of carbonyl (C=O) groups is 2. The highest BCUT2D eigenvalue weighted by Crippen LogP contribution is 2.12. The van der Waals surface area contributed by atoms with Crippen molar-refractivity contribution in [3.8, 4) is 5.75 Å². The number of hydrogen-bond donors (Lipinski definition) is 5. The Kier molecular flexibility index (Phi) is 7.69. The normalized spacial score (nSPS) is 14.6. The first-order valence-corrected chi connectivity index (χ1v) is 8.53. The van der Waals surface area contributed by atoms with Gasteiger partial charge >= 0.3 is 5.97 Å². The Morgan fingerprint density at radius 2 is 2.12 bits per heavy atom. The number of aliphatic carboxylic acids is 1. The van der Waals surface area contributed by atoms with E-state index >= 15 is 0 Å². The van der Waals surface area contributed by atoms with Gasteiger partial charge in [-0.1, -0.05) is 0 Å². The average Bonchev–Trinajstić information content (AvgIpc) is 2.66. The number of carbonyl (C=O) groups excluding carboxylic acids is 1. The molecule has 142 valence electrons. The van der Waals surface area contributed by atoms with Gasteiger partial charge in [-0.15, -0.1) is 0 Å². The summed E-state index contributed by atoms with van der Waals surface area (Å²) in [6.45, 7) is 2.86. The Morgan fingerprint density at radius 3 is 2.73 bits per heavy atom. The first-order chi connectivity index (χ1) is 12.6. The van der Waals surface area contributed by atoms with Crippen molar-refractivity contribution in [1.29, 1.82) is 0 Å². The van der Waals surface area contributed by atoms with Crippen LogP contribution in [-0.4, -0.2) is 68.8 Å². The van der Waals surface area contributed by atoms with Crippen molar-refractivity contribution in [2.75, 3.05) is 39.8 Å². The zero-order valence-corrected chi connectivity index (χ0v) is 14.7. The van der Waals surface area contributed by atoms with Gasteiger partial charge in [0.1, 0.15) is 18.4 Å². The molecule has 0 saturated carbocycles. The second-order valence-electron chi connectivity index (χ2n) is 5.70. The van der Waals surface area contributed by atoms with Crippen LogP contribution in [0.4, 0.5) is 0 Å². The molecule has 9 heteroatoms. The second kappa shape index (κ2) is 10.2. The van der Waals surface area contributed by atoms with Gasteiger partial charge in [0.15, 0.2) is 5.96 Å². The zero-order valence-electron chi connectivity index (χ0n) is 14.7. The molecular weight excluding hydrogens is 338 g/mol. The summed E-state index contributed by atoms with van der Waals surface area (Å²) in [7, 11) is 1.53. The Hall–Kier alpha value is -2.81. The smallest absolute Gasteiger partial charge is 0.322 e. The van der Waals surface area contributed by atoms with Gasteiger partial charge in [-0.3, -0.25) is 14.6 Å². The molecule has 9 nitrogen and oxygen atoms in total. The third-order valence-electron chi connectivity index (χ3n) is 3.79. The van der Waals surface area contributed by atoms with Crippen molar-refractivity contribution in [3.05, 3.63) is 29.8 Å². The molecule has 2 rings (SSSR count).